The van der Waals surface area contributed by atoms with E-state index >= 15 is 0 Å². The lowest BCUT2D eigenvalue weighted by Crippen LogP contribution is -2.45. The van der Waals surface area contributed by atoms with Crippen LogP contribution in [0.1, 0.15) is 12.0 Å². The number of benzene rings is 1. The maximum Gasteiger partial charge on any atom is 0.317 e. The summed E-state index contributed by atoms with van der Waals surface area (Å²) in [7, 11) is 0. The minimum Gasteiger partial charge on any atom is -0.454 e. The highest BCUT2D eigenvalue weighted by Crippen LogP contribution is 2.37. The van der Waals surface area contributed by atoms with E-state index in [0.717, 1.165) is 35.8 Å². The minimum atomic E-state index is 0.0514. The monoisotopic (exact) mass is 292 g/mol. The van der Waals surface area contributed by atoms with Gasteiger partial charge in [-0.25, -0.2) is 4.79 Å². The average Bonchev–Trinajstić information content (AvgIpc) is 3.19. The van der Waals surface area contributed by atoms with E-state index in [2.05, 4.69) is 5.32 Å². The number of amides is 2. The van der Waals surface area contributed by atoms with Crippen LogP contribution in [0.5, 0.6) is 11.5 Å². The van der Waals surface area contributed by atoms with E-state index in [0.29, 0.717) is 17.8 Å². The van der Waals surface area contributed by atoms with Crippen LogP contribution in [-0.4, -0.2) is 41.3 Å². The van der Waals surface area contributed by atoms with Crippen molar-refractivity contribution in [2.75, 3.05) is 19.1 Å². The molecule has 2 atom stereocenters. The maximum atomic E-state index is 12.2. The Bertz CT molecular complexity index is 551. The van der Waals surface area contributed by atoms with Crippen molar-refractivity contribution in [1.82, 2.24) is 10.2 Å². The lowest BCUT2D eigenvalue weighted by molar-refractivity contribution is 0.174. The first-order valence-corrected chi connectivity index (χ1v) is 7.89. The molecule has 2 bridgehead atoms. The molecule has 1 aromatic carbocycles. The summed E-state index contributed by atoms with van der Waals surface area (Å²) in [5.74, 6) is 2.62. The third kappa shape index (κ3) is 2.08. The largest absolute Gasteiger partial charge is 0.454 e. The molecule has 2 fully saturated rings. The molecule has 0 aliphatic carbocycles. The summed E-state index contributed by atoms with van der Waals surface area (Å²) in [6.45, 7) is 1.69. The fourth-order valence-electron chi connectivity index (χ4n) is 2.98. The number of hydrogen-bond donors (Lipinski definition) is 1. The van der Waals surface area contributed by atoms with Gasteiger partial charge < -0.3 is 19.7 Å². The van der Waals surface area contributed by atoms with Crippen molar-refractivity contribution in [3.05, 3.63) is 23.8 Å². The molecule has 0 spiro atoms. The quantitative estimate of drug-likeness (QED) is 0.903. The summed E-state index contributed by atoms with van der Waals surface area (Å²) in [6, 6.07) is 6.25. The molecule has 2 amide bonds. The SMILES string of the molecule is O=C(NCc1ccc2c(c1)OCO2)N1CC2CC1CS2. The molecule has 106 valence electrons. The van der Waals surface area contributed by atoms with Crippen LogP contribution in [0.25, 0.3) is 0 Å². The Balaban J connectivity index is 1.37. The summed E-state index contributed by atoms with van der Waals surface area (Å²) in [6.07, 6.45) is 1.15. The topological polar surface area (TPSA) is 50.8 Å². The zero-order valence-corrected chi connectivity index (χ0v) is 11.8. The zero-order chi connectivity index (χ0) is 13.5. The molecule has 0 radical (unpaired) electrons. The highest BCUT2D eigenvalue weighted by Gasteiger charge is 2.40. The van der Waals surface area contributed by atoms with E-state index in [1.165, 1.54) is 0 Å². The number of rotatable bonds is 2. The van der Waals surface area contributed by atoms with Crippen LogP contribution >= 0.6 is 11.8 Å². The second kappa shape index (κ2) is 4.77. The van der Waals surface area contributed by atoms with E-state index in [9.17, 15) is 4.79 Å². The van der Waals surface area contributed by atoms with Crippen LogP contribution in [0.2, 0.25) is 0 Å². The smallest absolute Gasteiger partial charge is 0.317 e. The van der Waals surface area contributed by atoms with Crippen LogP contribution in [0.4, 0.5) is 4.79 Å². The summed E-state index contributed by atoms with van der Waals surface area (Å²) in [4.78, 5) is 14.2. The van der Waals surface area contributed by atoms with E-state index in [4.69, 9.17) is 9.47 Å². The van der Waals surface area contributed by atoms with E-state index < -0.39 is 0 Å². The number of fused-ring (bicyclic) bond motifs is 3. The van der Waals surface area contributed by atoms with Gasteiger partial charge in [-0.15, -0.1) is 0 Å². The molecule has 0 aromatic heterocycles. The van der Waals surface area contributed by atoms with Gasteiger partial charge in [-0.3, -0.25) is 0 Å². The molecular formula is C14H16N2O3S. The Morgan fingerprint density at radius 3 is 3.10 bits per heavy atom. The summed E-state index contributed by atoms with van der Waals surface area (Å²) in [5.41, 5.74) is 1.03. The molecule has 6 heteroatoms. The number of urea groups is 1. The van der Waals surface area contributed by atoms with Crippen molar-refractivity contribution in [3.63, 3.8) is 0 Å². The second-order valence-corrected chi connectivity index (χ2v) is 6.68. The molecule has 2 saturated heterocycles. The normalized spacial score (nSPS) is 26.1. The van der Waals surface area contributed by atoms with Crippen LogP contribution in [0.3, 0.4) is 0 Å². The molecule has 2 unspecified atom stereocenters. The fraction of sp³-hybridized carbons (Fsp3) is 0.500. The number of carbonyl (C=O) groups excluding carboxylic acids is 1. The first-order valence-electron chi connectivity index (χ1n) is 6.84. The summed E-state index contributed by atoms with van der Waals surface area (Å²) >= 11 is 1.99. The summed E-state index contributed by atoms with van der Waals surface area (Å²) < 4.78 is 10.6. The maximum absolute atomic E-state index is 12.2. The molecule has 3 aliphatic rings. The van der Waals surface area contributed by atoms with Gasteiger partial charge in [0, 0.05) is 30.1 Å². The van der Waals surface area contributed by atoms with E-state index in [1.54, 1.807) is 0 Å². The summed E-state index contributed by atoms with van der Waals surface area (Å²) in [5, 5.41) is 3.65. The standard InChI is InChI=1S/C14H16N2O3S/c17-14(16-6-11-4-10(16)7-20-11)15-5-9-1-2-12-13(3-9)19-8-18-12/h1-3,10-11H,4-8H2,(H,15,17). The Labute approximate surface area is 121 Å². The highest BCUT2D eigenvalue weighted by atomic mass is 32.2. The Morgan fingerprint density at radius 1 is 1.40 bits per heavy atom. The first-order chi connectivity index (χ1) is 9.79. The van der Waals surface area contributed by atoms with Crippen molar-refractivity contribution >= 4 is 17.8 Å². The van der Waals surface area contributed by atoms with E-state index in [1.807, 2.05) is 34.9 Å². The van der Waals surface area contributed by atoms with Crippen molar-refractivity contribution in [2.24, 2.45) is 0 Å². The molecule has 1 N–H and O–H groups in total. The molecule has 1 aromatic rings. The van der Waals surface area contributed by atoms with Gasteiger partial charge in [0.2, 0.25) is 6.79 Å². The molecule has 3 aliphatic heterocycles. The van der Waals surface area contributed by atoms with Crippen molar-refractivity contribution < 1.29 is 14.3 Å². The zero-order valence-electron chi connectivity index (χ0n) is 11.0. The van der Waals surface area contributed by atoms with E-state index in [-0.39, 0.29) is 12.8 Å². The van der Waals surface area contributed by atoms with Gasteiger partial charge in [-0.1, -0.05) is 6.07 Å². The predicted octanol–water partition coefficient (Wildman–Crippen LogP) is 1.81. The van der Waals surface area contributed by atoms with Gasteiger partial charge in [0.05, 0.1) is 0 Å². The minimum absolute atomic E-state index is 0.0514. The number of carbonyl (C=O) groups is 1. The van der Waals surface area contributed by atoms with Crippen LogP contribution in [-0.2, 0) is 6.54 Å². The second-order valence-electron chi connectivity index (χ2n) is 5.34. The Morgan fingerprint density at radius 2 is 2.30 bits per heavy atom. The van der Waals surface area contributed by atoms with Gasteiger partial charge in [0.25, 0.3) is 0 Å². The molecule has 3 heterocycles. The first kappa shape index (κ1) is 12.2. The van der Waals surface area contributed by atoms with Gasteiger partial charge in [0.1, 0.15) is 0 Å². The molecule has 4 rings (SSSR count). The molecule has 0 saturated carbocycles. The third-order valence-corrected chi connectivity index (χ3v) is 5.43. The predicted molar refractivity (Wildman–Crippen MR) is 76.2 cm³/mol. The fourth-order valence-corrected chi connectivity index (χ4v) is 4.41. The number of hydrogen-bond acceptors (Lipinski definition) is 4. The Hall–Kier alpha value is -1.56. The number of thioether (sulfide) groups is 1. The van der Waals surface area contributed by atoms with Crippen molar-refractivity contribution in [1.29, 1.82) is 0 Å². The van der Waals surface area contributed by atoms with Gasteiger partial charge in [-0.2, -0.15) is 11.8 Å². The van der Waals surface area contributed by atoms with Crippen LogP contribution in [0, 0.1) is 0 Å². The third-order valence-electron chi connectivity index (χ3n) is 4.04. The van der Waals surface area contributed by atoms with Crippen LogP contribution < -0.4 is 14.8 Å². The van der Waals surface area contributed by atoms with Crippen molar-refractivity contribution in [3.8, 4) is 11.5 Å². The molecular weight excluding hydrogens is 276 g/mol. The molecule has 20 heavy (non-hydrogen) atoms. The highest BCUT2D eigenvalue weighted by molar-refractivity contribution is 8.00. The number of nitrogens with one attached hydrogen (secondary N) is 1. The molecule has 5 nitrogen and oxygen atoms in total. The van der Waals surface area contributed by atoms with Crippen molar-refractivity contribution in [2.45, 2.75) is 24.3 Å². The Kier molecular flexibility index (Phi) is 2.91. The number of likely N-dealkylation sites (tertiary alicyclic amines) is 1. The number of nitrogens with zero attached hydrogens (tertiary/aromatic N) is 1. The van der Waals surface area contributed by atoms with Crippen LogP contribution in [0.15, 0.2) is 18.2 Å². The van der Waals surface area contributed by atoms with Gasteiger partial charge in [0.15, 0.2) is 11.5 Å². The average molecular weight is 292 g/mol. The lowest BCUT2D eigenvalue weighted by Gasteiger charge is -2.26. The van der Waals surface area contributed by atoms with Gasteiger partial charge >= 0.3 is 6.03 Å². The number of ether oxygens (including phenoxy) is 2. The van der Waals surface area contributed by atoms with Gasteiger partial charge in [-0.05, 0) is 24.1 Å². The lowest BCUT2D eigenvalue weighted by atomic mass is 10.2.